The van der Waals surface area contributed by atoms with Crippen LogP contribution < -0.4 is 5.32 Å². The summed E-state index contributed by atoms with van der Waals surface area (Å²) >= 11 is 0. The first kappa shape index (κ1) is 14.7. The van der Waals surface area contributed by atoms with E-state index < -0.39 is 10.8 Å². The number of benzene rings is 1. The predicted octanol–water partition coefficient (Wildman–Crippen LogP) is 2.22. The van der Waals surface area contributed by atoms with Crippen LogP contribution in [0.2, 0.25) is 0 Å². The van der Waals surface area contributed by atoms with E-state index in [0.717, 1.165) is 0 Å². The molecule has 1 aromatic carbocycles. The van der Waals surface area contributed by atoms with Gasteiger partial charge in [-0.05, 0) is 12.1 Å². The van der Waals surface area contributed by atoms with Crippen molar-refractivity contribution < 1.29 is 14.8 Å². The summed E-state index contributed by atoms with van der Waals surface area (Å²) in [6, 6.07) is 5.85. The molecule has 0 fully saturated rings. The van der Waals surface area contributed by atoms with Crippen LogP contribution in [0.1, 0.15) is 15.9 Å². The molecule has 0 spiro atoms. The number of aliphatic hydroxyl groups is 1. The molecule has 3 rings (SSSR count). The molecule has 0 aliphatic rings. The number of non-ortho nitro benzene ring substituents is 1. The van der Waals surface area contributed by atoms with Crippen LogP contribution in [0.25, 0.3) is 10.9 Å². The number of hydrogen-bond acceptors (Lipinski definition) is 5. The van der Waals surface area contributed by atoms with E-state index in [4.69, 9.17) is 0 Å². The van der Waals surface area contributed by atoms with Gasteiger partial charge >= 0.3 is 0 Å². The standard InChI is InChI=1S/C15H12N4O4/c20-8-9-3-4-16-7-14(9)18-15(21)12-6-17-13-2-1-10(19(22)23)5-11(12)13/h1-7,17,20H,8H2,(H,18,21). The van der Waals surface area contributed by atoms with Gasteiger partial charge in [0.15, 0.2) is 0 Å². The van der Waals surface area contributed by atoms with Crippen molar-refractivity contribution in [1.29, 1.82) is 0 Å². The fourth-order valence-electron chi connectivity index (χ4n) is 2.27. The molecular formula is C15H12N4O4. The van der Waals surface area contributed by atoms with Crippen LogP contribution in [0, 0.1) is 10.1 Å². The first-order valence-corrected chi connectivity index (χ1v) is 6.71. The van der Waals surface area contributed by atoms with E-state index in [0.29, 0.717) is 22.2 Å². The van der Waals surface area contributed by atoms with Crippen molar-refractivity contribution in [2.24, 2.45) is 0 Å². The highest BCUT2D eigenvalue weighted by Gasteiger charge is 2.16. The average molecular weight is 312 g/mol. The highest BCUT2D eigenvalue weighted by Crippen LogP contribution is 2.25. The van der Waals surface area contributed by atoms with Crippen molar-refractivity contribution in [3.05, 3.63) is 64.1 Å². The average Bonchev–Trinajstić information content (AvgIpc) is 2.98. The summed E-state index contributed by atoms with van der Waals surface area (Å²) in [6.07, 6.45) is 4.43. The fourth-order valence-corrected chi connectivity index (χ4v) is 2.27. The molecule has 0 aliphatic carbocycles. The number of amides is 1. The second-order valence-electron chi connectivity index (χ2n) is 4.83. The number of aromatic amines is 1. The van der Waals surface area contributed by atoms with Gasteiger partial charge in [0.1, 0.15) is 0 Å². The largest absolute Gasteiger partial charge is 0.392 e. The number of hydrogen-bond donors (Lipinski definition) is 3. The summed E-state index contributed by atoms with van der Waals surface area (Å²) in [4.78, 5) is 29.6. The summed E-state index contributed by atoms with van der Waals surface area (Å²) in [5, 5.41) is 23.3. The van der Waals surface area contributed by atoms with Crippen LogP contribution >= 0.6 is 0 Å². The van der Waals surface area contributed by atoms with E-state index in [1.165, 1.54) is 30.7 Å². The third kappa shape index (κ3) is 2.74. The van der Waals surface area contributed by atoms with Crippen LogP contribution in [0.5, 0.6) is 0 Å². The van der Waals surface area contributed by atoms with Gasteiger partial charge in [-0.15, -0.1) is 0 Å². The molecule has 23 heavy (non-hydrogen) atoms. The van der Waals surface area contributed by atoms with Gasteiger partial charge in [0.05, 0.1) is 29.0 Å². The van der Waals surface area contributed by atoms with Crippen molar-refractivity contribution in [3.63, 3.8) is 0 Å². The maximum atomic E-state index is 12.4. The lowest BCUT2D eigenvalue weighted by atomic mass is 10.1. The van der Waals surface area contributed by atoms with Gasteiger partial charge in [-0.2, -0.15) is 0 Å². The SMILES string of the molecule is O=C(Nc1cnccc1CO)c1c[nH]c2ccc([N+](=O)[O-])cc12. The lowest BCUT2D eigenvalue weighted by Crippen LogP contribution is -2.13. The summed E-state index contributed by atoms with van der Waals surface area (Å²) in [5.41, 5.74) is 1.72. The quantitative estimate of drug-likeness (QED) is 0.503. The van der Waals surface area contributed by atoms with E-state index in [2.05, 4.69) is 15.3 Å². The molecule has 0 bridgehead atoms. The topological polar surface area (TPSA) is 121 Å². The van der Waals surface area contributed by atoms with Crippen LogP contribution in [-0.2, 0) is 6.61 Å². The van der Waals surface area contributed by atoms with E-state index >= 15 is 0 Å². The highest BCUT2D eigenvalue weighted by molar-refractivity contribution is 6.13. The normalized spacial score (nSPS) is 10.7. The van der Waals surface area contributed by atoms with Gasteiger partial charge in [0.2, 0.25) is 0 Å². The minimum Gasteiger partial charge on any atom is -0.392 e. The third-order valence-electron chi connectivity index (χ3n) is 3.45. The zero-order chi connectivity index (χ0) is 16.4. The molecule has 8 heteroatoms. The van der Waals surface area contributed by atoms with Gasteiger partial charge in [-0.1, -0.05) is 0 Å². The summed E-state index contributed by atoms with van der Waals surface area (Å²) < 4.78 is 0. The van der Waals surface area contributed by atoms with E-state index in [9.17, 15) is 20.0 Å². The molecule has 116 valence electrons. The Labute approximate surface area is 129 Å². The van der Waals surface area contributed by atoms with Crippen molar-refractivity contribution in [2.45, 2.75) is 6.61 Å². The lowest BCUT2D eigenvalue weighted by Gasteiger charge is -2.08. The molecule has 0 saturated heterocycles. The van der Waals surface area contributed by atoms with Crippen LogP contribution in [0.4, 0.5) is 11.4 Å². The molecule has 0 saturated carbocycles. The molecular weight excluding hydrogens is 300 g/mol. The van der Waals surface area contributed by atoms with Crippen molar-refractivity contribution in [3.8, 4) is 0 Å². The molecule has 0 radical (unpaired) electrons. The monoisotopic (exact) mass is 312 g/mol. The number of fused-ring (bicyclic) bond motifs is 1. The Bertz CT molecular complexity index is 903. The molecule has 0 unspecified atom stereocenters. The number of aromatic nitrogens is 2. The van der Waals surface area contributed by atoms with Crippen molar-refractivity contribution >= 4 is 28.2 Å². The molecule has 0 atom stereocenters. The molecule has 3 N–H and O–H groups in total. The molecule has 1 amide bonds. The number of aliphatic hydroxyl groups excluding tert-OH is 1. The molecule has 8 nitrogen and oxygen atoms in total. The number of carbonyl (C=O) groups excluding carboxylic acids is 1. The Balaban J connectivity index is 1.97. The minimum atomic E-state index is -0.515. The van der Waals surface area contributed by atoms with Gasteiger partial charge in [0.25, 0.3) is 11.6 Å². The second-order valence-corrected chi connectivity index (χ2v) is 4.83. The van der Waals surface area contributed by atoms with E-state index in [1.54, 1.807) is 12.1 Å². The number of nitrogens with one attached hydrogen (secondary N) is 2. The molecule has 2 aromatic heterocycles. The van der Waals surface area contributed by atoms with Gasteiger partial charge < -0.3 is 15.4 Å². The number of H-pyrrole nitrogens is 1. The van der Waals surface area contributed by atoms with Crippen molar-refractivity contribution in [2.75, 3.05) is 5.32 Å². The summed E-state index contributed by atoms with van der Waals surface area (Å²) in [5.74, 6) is -0.445. The third-order valence-corrected chi connectivity index (χ3v) is 3.45. The van der Waals surface area contributed by atoms with Crippen LogP contribution in [-0.4, -0.2) is 25.9 Å². The molecule has 2 heterocycles. The number of nitro benzene ring substituents is 1. The molecule has 0 aliphatic heterocycles. The zero-order valence-electron chi connectivity index (χ0n) is 11.8. The number of nitrogens with zero attached hydrogens (tertiary/aromatic N) is 2. The Kier molecular flexibility index (Phi) is 3.73. The Hall–Kier alpha value is -3.26. The Morgan fingerprint density at radius 3 is 2.96 bits per heavy atom. The maximum Gasteiger partial charge on any atom is 0.270 e. The first-order chi connectivity index (χ1) is 11.1. The number of rotatable bonds is 4. The van der Waals surface area contributed by atoms with Crippen LogP contribution in [0.3, 0.4) is 0 Å². The predicted molar refractivity (Wildman–Crippen MR) is 83.1 cm³/mol. The Morgan fingerprint density at radius 2 is 2.22 bits per heavy atom. The van der Waals surface area contributed by atoms with E-state index in [-0.39, 0.29) is 17.9 Å². The van der Waals surface area contributed by atoms with Gasteiger partial charge in [-0.3, -0.25) is 19.9 Å². The lowest BCUT2D eigenvalue weighted by molar-refractivity contribution is -0.384. The van der Waals surface area contributed by atoms with Gasteiger partial charge in [-0.25, -0.2) is 0 Å². The smallest absolute Gasteiger partial charge is 0.270 e. The number of pyridine rings is 1. The van der Waals surface area contributed by atoms with E-state index in [1.807, 2.05) is 0 Å². The summed E-state index contributed by atoms with van der Waals surface area (Å²) in [7, 11) is 0. The molecule has 3 aromatic rings. The second kappa shape index (κ2) is 5.85. The maximum absolute atomic E-state index is 12.4. The Morgan fingerprint density at radius 1 is 1.39 bits per heavy atom. The number of anilines is 1. The summed E-state index contributed by atoms with van der Waals surface area (Å²) in [6.45, 7) is -0.239. The minimum absolute atomic E-state index is 0.0939. The fraction of sp³-hybridized carbons (Fsp3) is 0.0667. The van der Waals surface area contributed by atoms with Crippen LogP contribution in [0.15, 0.2) is 42.9 Å². The number of carbonyl (C=O) groups is 1. The van der Waals surface area contributed by atoms with Crippen molar-refractivity contribution in [1.82, 2.24) is 9.97 Å². The first-order valence-electron chi connectivity index (χ1n) is 6.71. The highest BCUT2D eigenvalue weighted by atomic mass is 16.6. The zero-order valence-corrected chi connectivity index (χ0v) is 11.8. The van der Waals surface area contributed by atoms with Gasteiger partial charge in [0, 0.05) is 41.0 Å². The number of nitro groups is 1.